The van der Waals surface area contributed by atoms with E-state index in [1.165, 1.54) is 6.42 Å². The van der Waals surface area contributed by atoms with Crippen LogP contribution in [-0.4, -0.2) is 146 Å². The Labute approximate surface area is 314 Å². The molecular formula is C37H80N6O9. The van der Waals surface area contributed by atoms with E-state index in [2.05, 4.69) is 17.6 Å². The maximum absolute atomic E-state index is 11.5. The van der Waals surface area contributed by atoms with E-state index < -0.39 is 30.5 Å². The maximum Gasteiger partial charge on any atom is 0.220 e. The number of aliphatic hydroxyl groups is 5. The fourth-order valence-electron chi connectivity index (χ4n) is 7.03. The quantitative estimate of drug-likeness (QED) is 0.122. The molecule has 2 saturated heterocycles. The van der Waals surface area contributed by atoms with Crippen LogP contribution in [0.5, 0.6) is 0 Å². The van der Waals surface area contributed by atoms with E-state index in [9.17, 15) is 25.2 Å². The fraction of sp³-hybridized carbons (Fsp3) is 0.973. The van der Waals surface area contributed by atoms with Gasteiger partial charge in [0.05, 0.1) is 55.9 Å². The summed E-state index contributed by atoms with van der Waals surface area (Å²) >= 11 is 0. The summed E-state index contributed by atoms with van der Waals surface area (Å²) in [4.78, 5) is 11.5. The monoisotopic (exact) mass is 753 g/mol. The van der Waals surface area contributed by atoms with Crippen LogP contribution in [0, 0.1) is 17.8 Å². The SMILES string of the molecule is CC.CC1CC(NC(=O)CCCN)CC(N)[C@H]1O.CCCC1CCC(CO)O1.CNCC1C[C@H](COC)CC[C@@H]1O.NC[C@@H]1OC[C@H](N)C(O)[C@@H]1O. The summed E-state index contributed by atoms with van der Waals surface area (Å²) in [6, 6.07) is -0.643. The number of nitrogens with two attached hydrogens (primary N) is 4. The first kappa shape index (κ1) is 51.0. The van der Waals surface area contributed by atoms with E-state index in [1.807, 2.05) is 27.8 Å². The second kappa shape index (κ2) is 30.2. The lowest BCUT2D eigenvalue weighted by atomic mass is 9.80. The summed E-state index contributed by atoms with van der Waals surface area (Å²) in [6.45, 7) is 11.1. The molecule has 52 heavy (non-hydrogen) atoms. The standard InChI is InChI=1S/C11H23N3O2.C10H21NO2.C8H16O2.C6H14N2O3.C2H6/c1-7-5-8(6-9(13)11(7)16)14-10(15)3-2-4-12;1-11-6-9-5-8(7-13-2)3-4-10(9)12;1-2-3-7-4-5-8(6-9)10-7;7-1-4-6(10)5(9)3(8)2-11-4;1-2/h7-9,11,16H,2-6,12-13H2,1H3,(H,14,15);8-12H,3-7H2,1-2H3;7-9H,2-6H2,1H3;3-6,9-10H,1-2,7-8H2;1-2H3/t7?,8?,9?,11-;8-,9?,10+;;3-,4-,5?,6+;/m01.0./s1. The van der Waals surface area contributed by atoms with Gasteiger partial charge in [0, 0.05) is 45.3 Å². The molecule has 7 unspecified atom stereocenters. The molecule has 4 fully saturated rings. The molecule has 15 nitrogen and oxygen atoms in total. The molecule has 0 aromatic rings. The Kier molecular flexibility index (Phi) is 29.6. The normalized spacial score (nSPS) is 35.6. The highest BCUT2D eigenvalue weighted by atomic mass is 16.5. The van der Waals surface area contributed by atoms with Crippen LogP contribution < -0.4 is 33.6 Å². The lowest BCUT2D eigenvalue weighted by molar-refractivity contribution is -0.139. The minimum Gasteiger partial charge on any atom is -0.394 e. The topological polar surface area (TPSA) is 274 Å². The van der Waals surface area contributed by atoms with Gasteiger partial charge >= 0.3 is 0 Å². The molecular weight excluding hydrogens is 672 g/mol. The van der Waals surface area contributed by atoms with Crippen LogP contribution in [0.25, 0.3) is 0 Å². The smallest absolute Gasteiger partial charge is 0.220 e. The second-order valence-corrected chi connectivity index (χ2v) is 14.5. The Morgan fingerprint density at radius 3 is 2.13 bits per heavy atom. The summed E-state index contributed by atoms with van der Waals surface area (Å²) in [5, 5.41) is 52.7. The first-order valence-corrected chi connectivity index (χ1v) is 19.8. The first-order chi connectivity index (χ1) is 24.8. The average Bonchev–Trinajstić information content (AvgIpc) is 3.60. The van der Waals surface area contributed by atoms with Gasteiger partial charge in [0.1, 0.15) is 6.10 Å². The molecule has 15 N–H and O–H groups in total. The Morgan fingerprint density at radius 1 is 0.923 bits per heavy atom. The molecule has 13 atom stereocenters. The number of hydrogen-bond acceptors (Lipinski definition) is 14. The molecule has 4 rings (SSSR count). The van der Waals surface area contributed by atoms with Crippen LogP contribution in [0.2, 0.25) is 0 Å². The van der Waals surface area contributed by atoms with Crippen molar-refractivity contribution < 1.29 is 44.5 Å². The molecule has 0 radical (unpaired) electrons. The number of hydrogen-bond donors (Lipinski definition) is 11. The van der Waals surface area contributed by atoms with Gasteiger partial charge in [0.2, 0.25) is 5.91 Å². The molecule has 312 valence electrons. The van der Waals surface area contributed by atoms with Gasteiger partial charge in [-0.05, 0) is 89.1 Å². The average molecular weight is 753 g/mol. The molecule has 0 aromatic carbocycles. The van der Waals surface area contributed by atoms with Crippen molar-refractivity contribution in [2.45, 2.75) is 159 Å². The van der Waals surface area contributed by atoms with Gasteiger partial charge in [0.15, 0.2) is 0 Å². The second-order valence-electron chi connectivity index (χ2n) is 14.5. The number of amides is 1. The minimum atomic E-state index is -0.955. The van der Waals surface area contributed by atoms with Crippen LogP contribution in [-0.2, 0) is 19.0 Å². The molecule has 2 heterocycles. The maximum atomic E-state index is 11.5. The zero-order valence-corrected chi connectivity index (χ0v) is 33.2. The number of rotatable bonds is 12. The molecule has 1 amide bonds. The van der Waals surface area contributed by atoms with Crippen LogP contribution in [0.1, 0.15) is 98.3 Å². The van der Waals surface area contributed by atoms with Crippen LogP contribution >= 0.6 is 0 Å². The number of carbonyl (C=O) groups is 1. The lowest BCUT2D eigenvalue weighted by Gasteiger charge is -2.36. The zero-order chi connectivity index (χ0) is 39.6. The van der Waals surface area contributed by atoms with Crippen molar-refractivity contribution in [1.82, 2.24) is 10.6 Å². The third-order valence-electron chi connectivity index (χ3n) is 10.0. The predicted molar refractivity (Wildman–Crippen MR) is 205 cm³/mol. The highest BCUT2D eigenvalue weighted by molar-refractivity contribution is 5.76. The molecule has 2 aliphatic heterocycles. The third kappa shape index (κ3) is 20.0. The van der Waals surface area contributed by atoms with Gasteiger partial charge < -0.3 is 73.3 Å². The van der Waals surface area contributed by atoms with Crippen molar-refractivity contribution in [3.05, 3.63) is 0 Å². The van der Waals surface area contributed by atoms with Gasteiger partial charge in [0.25, 0.3) is 0 Å². The molecule has 0 spiro atoms. The van der Waals surface area contributed by atoms with E-state index in [-0.39, 0.29) is 55.9 Å². The Morgan fingerprint density at radius 2 is 1.60 bits per heavy atom. The van der Waals surface area contributed by atoms with E-state index in [4.69, 9.17) is 42.3 Å². The van der Waals surface area contributed by atoms with E-state index in [0.717, 1.165) is 58.1 Å². The number of aliphatic hydroxyl groups excluding tert-OH is 5. The Bertz CT molecular complexity index is 854. The van der Waals surface area contributed by atoms with Gasteiger partial charge in [-0.15, -0.1) is 0 Å². The van der Waals surface area contributed by atoms with Crippen LogP contribution in [0.4, 0.5) is 0 Å². The number of carbonyl (C=O) groups excluding carboxylic acids is 1. The molecule has 15 heteroatoms. The van der Waals surface area contributed by atoms with Crippen molar-refractivity contribution in [3.63, 3.8) is 0 Å². The summed E-state index contributed by atoms with van der Waals surface area (Å²) in [5.41, 5.74) is 21.8. The minimum absolute atomic E-state index is 0.0336. The Hall–Kier alpha value is -1.05. The van der Waals surface area contributed by atoms with E-state index in [1.54, 1.807) is 7.11 Å². The van der Waals surface area contributed by atoms with Crippen molar-refractivity contribution in [2.75, 3.05) is 53.6 Å². The molecule has 0 aromatic heterocycles. The van der Waals surface area contributed by atoms with E-state index >= 15 is 0 Å². The molecule has 0 bridgehead atoms. The number of ether oxygens (including phenoxy) is 3. The highest BCUT2D eigenvalue weighted by Crippen LogP contribution is 2.29. The largest absolute Gasteiger partial charge is 0.394 e. The van der Waals surface area contributed by atoms with Gasteiger partial charge in [-0.3, -0.25) is 4.79 Å². The lowest BCUT2D eigenvalue weighted by Crippen LogP contribution is -2.58. The summed E-state index contributed by atoms with van der Waals surface area (Å²) < 4.78 is 15.7. The van der Waals surface area contributed by atoms with Crippen LogP contribution in [0.15, 0.2) is 0 Å². The molecule has 2 saturated carbocycles. The van der Waals surface area contributed by atoms with Crippen molar-refractivity contribution in [2.24, 2.45) is 40.7 Å². The van der Waals surface area contributed by atoms with Gasteiger partial charge in [-0.25, -0.2) is 0 Å². The Balaban J connectivity index is 0.000000665. The van der Waals surface area contributed by atoms with Crippen molar-refractivity contribution in [1.29, 1.82) is 0 Å². The van der Waals surface area contributed by atoms with Gasteiger partial charge in [-0.1, -0.05) is 34.1 Å². The fourth-order valence-corrected chi connectivity index (χ4v) is 7.03. The van der Waals surface area contributed by atoms with E-state index in [0.29, 0.717) is 43.7 Å². The van der Waals surface area contributed by atoms with Crippen molar-refractivity contribution in [3.8, 4) is 0 Å². The predicted octanol–water partition coefficient (Wildman–Crippen LogP) is -0.297. The molecule has 2 aliphatic carbocycles. The summed E-state index contributed by atoms with van der Waals surface area (Å²) in [6.07, 6.45) is 7.93. The number of methoxy groups -OCH3 is 1. The zero-order valence-electron chi connectivity index (χ0n) is 33.2. The first-order valence-electron chi connectivity index (χ1n) is 19.8. The number of nitrogens with one attached hydrogen (secondary N) is 2. The highest BCUT2D eigenvalue weighted by Gasteiger charge is 2.36. The van der Waals surface area contributed by atoms with Gasteiger partial charge in [-0.2, -0.15) is 0 Å². The van der Waals surface area contributed by atoms with Crippen LogP contribution in [0.3, 0.4) is 0 Å². The summed E-state index contributed by atoms with van der Waals surface area (Å²) in [5.74, 6) is 1.24. The molecule has 4 aliphatic rings. The third-order valence-corrected chi connectivity index (χ3v) is 10.0. The summed E-state index contributed by atoms with van der Waals surface area (Å²) in [7, 11) is 3.69. The van der Waals surface area contributed by atoms with Crippen molar-refractivity contribution >= 4 is 5.91 Å².